The minimum absolute atomic E-state index is 0.0896. The molecule has 6 aromatic rings. The molecule has 2 atom stereocenters. The van der Waals surface area contributed by atoms with Gasteiger partial charge in [0, 0.05) is 36.0 Å². The van der Waals surface area contributed by atoms with Crippen molar-refractivity contribution >= 4 is 72.6 Å². The average molecular weight is 841 g/mol. The van der Waals surface area contributed by atoms with Crippen molar-refractivity contribution in [3.63, 3.8) is 0 Å². The Bertz CT molecular complexity index is 2130. The lowest BCUT2D eigenvalue weighted by atomic mass is 10.1. The number of hydrogen-bond acceptors (Lipinski definition) is 12. The number of rotatable bonds is 13. The Hall–Kier alpha value is -3.33. The molecule has 8 rings (SSSR count). The van der Waals surface area contributed by atoms with Gasteiger partial charge in [-0.2, -0.15) is 0 Å². The standard InChI is InChI=1S/C23H26N2O3S2.C22H26N2OS2/c1-25-12-10-17(11-13-25)28-22(23-24-19-8-3-4-9-20(19)30-23)16-6-5-7-18(14-16)29-15-21(26)27-2;1-3-26-18-8-6-7-16(15-18)21(25-17-11-13-24(2)14-12-17)22-23-19-9-4-5-10-20(19)27-22/h3-9,14,17,22H,10-13,15H2,1-2H3;4-10,15,17,21H,3,11-14H2,1-2H3. The Labute approximate surface area is 353 Å². The number of benzene rings is 4. The topological polar surface area (TPSA) is 77.0 Å². The lowest BCUT2D eigenvalue weighted by Crippen LogP contribution is -2.35. The fraction of sp³-hybridized carbons (Fsp3) is 0.400. The maximum absolute atomic E-state index is 11.5. The summed E-state index contributed by atoms with van der Waals surface area (Å²) in [6.07, 6.45) is 4.42. The summed E-state index contributed by atoms with van der Waals surface area (Å²) < 4.78 is 20.5. The summed E-state index contributed by atoms with van der Waals surface area (Å²) >= 11 is 6.80. The number of fused-ring (bicyclic) bond motifs is 2. The molecule has 2 fully saturated rings. The van der Waals surface area contributed by atoms with E-state index in [1.807, 2.05) is 42.1 Å². The molecule has 0 N–H and O–H groups in total. The van der Waals surface area contributed by atoms with E-state index in [9.17, 15) is 4.79 Å². The molecule has 2 saturated heterocycles. The van der Waals surface area contributed by atoms with Crippen molar-refractivity contribution < 1.29 is 19.0 Å². The predicted molar refractivity (Wildman–Crippen MR) is 238 cm³/mol. The summed E-state index contributed by atoms with van der Waals surface area (Å²) in [5, 5.41) is 2.04. The summed E-state index contributed by atoms with van der Waals surface area (Å²) in [7, 11) is 5.76. The largest absolute Gasteiger partial charge is 0.468 e. The summed E-state index contributed by atoms with van der Waals surface area (Å²) in [6.45, 7) is 6.49. The molecule has 2 aromatic heterocycles. The normalized spacial score (nSPS) is 17.0. The van der Waals surface area contributed by atoms with Gasteiger partial charge in [0.25, 0.3) is 0 Å². The van der Waals surface area contributed by atoms with Crippen LogP contribution >= 0.6 is 46.2 Å². The smallest absolute Gasteiger partial charge is 0.315 e. The first-order valence-corrected chi connectivity index (χ1v) is 23.4. The third kappa shape index (κ3) is 11.5. The van der Waals surface area contributed by atoms with E-state index in [2.05, 4.69) is 97.5 Å². The Kier molecular flexibility index (Phi) is 15.1. The van der Waals surface area contributed by atoms with E-state index >= 15 is 0 Å². The van der Waals surface area contributed by atoms with Crippen molar-refractivity contribution in [3.8, 4) is 0 Å². The number of thiazole rings is 2. The maximum Gasteiger partial charge on any atom is 0.315 e. The van der Waals surface area contributed by atoms with Crippen LogP contribution in [-0.2, 0) is 19.0 Å². The van der Waals surface area contributed by atoms with E-state index < -0.39 is 0 Å². The number of carbonyl (C=O) groups excluding carboxylic acids is 1. The first-order chi connectivity index (χ1) is 27.8. The van der Waals surface area contributed by atoms with Gasteiger partial charge in [-0.25, -0.2) is 9.97 Å². The predicted octanol–water partition coefficient (Wildman–Crippen LogP) is 10.4. The van der Waals surface area contributed by atoms with Gasteiger partial charge in [-0.3, -0.25) is 4.79 Å². The number of likely N-dealkylation sites (tertiary alicyclic amines) is 2. The van der Waals surface area contributed by atoms with E-state index in [1.54, 1.807) is 22.7 Å². The third-order valence-electron chi connectivity index (χ3n) is 10.3. The zero-order chi connectivity index (χ0) is 39.6. The number of thioether (sulfide) groups is 2. The van der Waals surface area contributed by atoms with Gasteiger partial charge in [0.2, 0.25) is 0 Å². The molecule has 2 aliphatic rings. The van der Waals surface area contributed by atoms with Crippen molar-refractivity contribution in [2.45, 2.75) is 66.8 Å². The quantitative estimate of drug-likeness (QED) is 0.0829. The SMILES string of the molecule is CCSc1cccc(C(OC2CCN(C)CC2)c2nc3ccccc3s2)c1.COC(=O)CSc1cccc(C(OC2CCN(C)CC2)c2nc3ccccc3s2)c1. The molecule has 0 saturated carbocycles. The molecule has 2 aliphatic heterocycles. The molecule has 0 aliphatic carbocycles. The van der Waals surface area contributed by atoms with Crippen LogP contribution in [0.25, 0.3) is 20.4 Å². The van der Waals surface area contributed by atoms with Crippen LogP contribution in [0.2, 0.25) is 0 Å². The molecule has 2 unspecified atom stereocenters. The summed E-state index contributed by atoms with van der Waals surface area (Å²) in [5.74, 6) is 1.14. The molecule has 0 amide bonds. The number of piperidine rings is 2. The fourth-order valence-electron chi connectivity index (χ4n) is 7.09. The van der Waals surface area contributed by atoms with Crippen molar-refractivity contribution in [1.29, 1.82) is 0 Å². The number of hydrogen-bond donors (Lipinski definition) is 0. The maximum atomic E-state index is 11.5. The van der Waals surface area contributed by atoms with E-state index in [-0.39, 0.29) is 24.3 Å². The van der Waals surface area contributed by atoms with E-state index in [0.29, 0.717) is 11.9 Å². The highest BCUT2D eigenvalue weighted by molar-refractivity contribution is 8.00. The van der Waals surface area contributed by atoms with Crippen LogP contribution in [0, 0.1) is 0 Å². The number of carbonyl (C=O) groups is 1. The van der Waals surface area contributed by atoms with Crippen LogP contribution < -0.4 is 0 Å². The average Bonchev–Trinajstić information content (AvgIpc) is 3.88. The molecule has 4 heterocycles. The second-order valence-electron chi connectivity index (χ2n) is 14.5. The zero-order valence-corrected chi connectivity index (χ0v) is 36.4. The van der Waals surface area contributed by atoms with Gasteiger partial charge < -0.3 is 24.0 Å². The molecule has 12 heteroatoms. The molecule has 8 nitrogen and oxygen atoms in total. The zero-order valence-electron chi connectivity index (χ0n) is 33.2. The van der Waals surface area contributed by atoms with Crippen molar-refractivity contribution in [2.75, 3.05) is 58.9 Å². The third-order valence-corrected chi connectivity index (χ3v) is 14.3. The lowest BCUT2D eigenvalue weighted by Gasteiger charge is -2.31. The number of esters is 1. The Morgan fingerprint density at radius 2 is 1.14 bits per heavy atom. The van der Waals surface area contributed by atoms with Gasteiger partial charge in [-0.05, 0) is 105 Å². The number of aromatic nitrogens is 2. The molecular weight excluding hydrogens is 789 g/mol. The minimum Gasteiger partial charge on any atom is -0.468 e. The van der Waals surface area contributed by atoms with Crippen LogP contribution in [0.3, 0.4) is 0 Å². The summed E-state index contributed by atoms with van der Waals surface area (Å²) in [5.41, 5.74) is 4.36. The van der Waals surface area contributed by atoms with Gasteiger partial charge >= 0.3 is 5.97 Å². The van der Waals surface area contributed by atoms with E-state index in [4.69, 9.17) is 24.2 Å². The second kappa shape index (κ2) is 20.6. The molecule has 0 radical (unpaired) electrons. The van der Waals surface area contributed by atoms with E-state index in [0.717, 1.165) is 89.1 Å². The van der Waals surface area contributed by atoms with Crippen LogP contribution in [0.15, 0.2) is 107 Å². The van der Waals surface area contributed by atoms with Crippen molar-refractivity contribution in [2.24, 2.45) is 0 Å². The van der Waals surface area contributed by atoms with Crippen LogP contribution in [0.5, 0.6) is 0 Å². The molecule has 4 aromatic carbocycles. The van der Waals surface area contributed by atoms with Crippen molar-refractivity contribution in [3.05, 3.63) is 118 Å². The van der Waals surface area contributed by atoms with Crippen LogP contribution in [-0.4, -0.2) is 96.8 Å². The van der Waals surface area contributed by atoms with Crippen LogP contribution in [0.4, 0.5) is 0 Å². The van der Waals surface area contributed by atoms with Gasteiger partial charge in [0.15, 0.2) is 0 Å². The Morgan fingerprint density at radius 3 is 1.58 bits per heavy atom. The lowest BCUT2D eigenvalue weighted by molar-refractivity contribution is -0.137. The van der Waals surface area contributed by atoms with Crippen LogP contribution in [0.1, 0.15) is 66.0 Å². The highest BCUT2D eigenvalue weighted by Crippen LogP contribution is 2.38. The number of nitrogens with zero attached hydrogens (tertiary/aromatic N) is 4. The highest BCUT2D eigenvalue weighted by atomic mass is 32.2. The van der Waals surface area contributed by atoms with Gasteiger partial charge in [0.1, 0.15) is 22.2 Å². The number of methoxy groups -OCH3 is 1. The molecule has 300 valence electrons. The first kappa shape index (κ1) is 41.8. The Balaban J connectivity index is 0.000000175. The number of para-hydroxylation sites is 2. The Morgan fingerprint density at radius 1 is 0.684 bits per heavy atom. The molecular formula is C45H52N4O4S4. The van der Waals surface area contributed by atoms with Gasteiger partial charge in [-0.1, -0.05) is 55.5 Å². The first-order valence-electron chi connectivity index (χ1n) is 19.8. The summed E-state index contributed by atoms with van der Waals surface area (Å²) in [4.78, 5) is 28.4. The van der Waals surface area contributed by atoms with Gasteiger partial charge in [0.05, 0.1) is 45.5 Å². The highest BCUT2D eigenvalue weighted by Gasteiger charge is 2.28. The summed E-state index contributed by atoms with van der Waals surface area (Å²) in [6, 6.07) is 33.6. The monoisotopic (exact) mass is 840 g/mol. The fourth-order valence-corrected chi connectivity index (χ4v) is 10.7. The minimum atomic E-state index is -0.226. The van der Waals surface area contributed by atoms with Gasteiger partial charge in [-0.15, -0.1) is 46.2 Å². The number of ether oxygens (including phenoxy) is 3. The molecule has 0 spiro atoms. The van der Waals surface area contributed by atoms with E-state index in [1.165, 1.54) is 38.7 Å². The second-order valence-corrected chi connectivity index (χ2v) is 19.0. The molecule has 57 heavy (non-hydrogen) atoms. The molecule has 0 bridgehead atoms. The van der Waals surface area contributed by atoms with Crippen molar-refractivity contribution in [1.82, 2.24) is 19.8 Å².